The summed E-state index contributed by atoms with van der Waals surface area (Å²) >= 11 is 5.84. The third-order valence-electron chi connectivity index (χ3n) is 2.32. The van der Waals surface area contributed by atoms with Crippen molar-refractivity contribution in [2.24, 2.45) is 5.73 Å². The Hall–Kier alpha value is -1.26. The Morgan fingerprint density at radius 2 is 2.31 bits per heavy atom. The molecule has 88 valence electrons. The monoisotopic (exact) mass is 243 g/mol. The van der Waals surface area contributed by atoms with Gasteiger partial charge in [-0.25, -0.2) is 0 Å². The average molecular weight is 244 g/mol. The summed E-state index contributed by atoms with van der Waals surface area (Å²) in [6, 6.07) is 4.92. The van der Waals surface area contributed by atoms with Crippen molar-refractivity contribution in [2.45, 2.75) is 12.3 Å². The lowest BCUT2D eigenvalue weighted by Crippen LogP contribution is -2.16. The maximum atomic E-state index is 11.1. The van der Waals surface area contributed by atoms with E-state index in [1.54, 1.807) is 18.2 Å². The molecule has 0 amide bonds. The quantitative estimate of drug-likeness (QED) is 0.828. The minimum atomic E-state index is -0.925. The summed E-state index contributed by atoms with van der Waals surface area (Å²) in [6.45, 7) is 0.298. The number of hydrogen-bond acceptors (Lipinski definition) is 3. The van der Waals surface area contributed by atoms with Gasteiger partial charge in [-0.1, -0.05) is 11.6 Å². The topological polar surface area (TPSA) is 72.5 Å². The summed E-state index contributed by atoms with van der Waals surface area (Å²) in [5, 5.41) is 9.60. The predicted octanol–water partition coefficient (Wildman–Crippen LogP) is 1.87. The molecule has 0 aliphatic rings. The molecule has 0 fully saturated rings. The molecular weight excluding hydrogens is 230 g/mol. The van der Waals surface area contributed by atoms with Gasteiger partial charge in [0.25, 0.3) is 0 Å². The van der Waals surface area contributed by atoms with Crippen LogP contribution in [-0.4, -0.2) is 24.7 Å². The number of halogens is 1. The molecule has 5 heteroatoms. The Morgan fingerprint density at radius 3 is 2.81 bits per heavy atom. The zero-order valence-corrected chi connectivity index (χ0v) is 9.70. The van der Waals surface area contributed by atoms with Crippen LogP contribution in [0.5, 0.6) is 5.75 Å². The first-order valence-electron chi connectivity index (χ1n) is 4.86. The number of carbonyl (C=O) groups is 1. The number of carboxylic acid groups (broad SMARTS) is 1. The molecule has 1 rings (SSSR count). The SMILES string of the molecule is COc1ccc(Cl)cc1C(CCN)C(=O)O. The normalized spacial score (nSPS) is 12.2. The van der Waals surface area contributed by atoms with Crippen molar-refractivity contribution in [1.29, 1.82) is 0 Å². The van der Waals surface area contributed by atoms with Gasteiger partial charge in [-0.15, -0.1) is 0 Å². The zero-order valence-electron chi connectivity index (χ0n) is 8.94. The molecule has 0 aliphatic carbocycles. The number of aliphatic carboxylic acids is 1. The van der Waals surface area contributed by atoms with Gasteiger partial charge in [0.05, 0.1) is 13.0 Å². The summed E-state index contributed by atoms with van der Waals surface area (Å²) in [4.78, 5) is 11.1. The maximum Gasteiger partial charge on any atom is 0.311 e. The molecule has 0 saturated heterocycles. The highest BCUT2D eigenvalue weighted by Crippen LogP contribution is 2.31. The van der Waals surface area contributed by atoms with E-state index in [4.69, 9.17) is 27.2 Å². The number of benzene rings is 1. The Kier molecular flexibility index (Phi) is 4.58. The van der Waals surface area contributed by atoms with E-state index >= 15 is 0 Å². The van der Waals surface area contributed by atoms with Crippen molar-refractivity contribution < 1.29 is 14.6 Å². The Morgan fingerprint density at radius 1 is 1.62 bits per heavy atom. The Balaban J connectivity index is 3.15. The molecule has 0 saturated carbocycles. The first-order chi connectivity index (χ1) is 7.60. The van der Waals surface area contributed by atoms with Gasteiger partial charge in [0, 0.05) is 10.6 Å². The van der Waals surface area contributed by atoms with Crippen LogP contribution in [0.15, 0.2) is 18.2 Å². The molecule has 4 nitrogen and oxygen atoms in total. The van der Waals surface area contributed by atoms with Crippen LogP contribution in [0.1, 0.15) is 17.9 Å². The lowest BCUT2D eigenvalue weighted by molar-refractivity contribution is -0.138. The van der Waals surface area contributed by atoms with E-state index in [1.165, 1.54) is 7.11 Å². The van der Waals surface area contributed by atoms with Gasteiger partial charge >= 0.3 is 5.97 Å². The smallest absolute Gasteiger partial charge is 0.311 e. The van der Waals surface area contributed by atoms with Crippen LogP contribution in [0.3, 0.4) is 0 Å². The highest BCUT2D eigenvalue weighted by Gasteiger charge is 2.22. The van der Waals surface area contributed by atoms with Crippen molar-refractivity contribution in [1.82, 2.24) is 0 Å². The highest BCUT2D eigenvalue weighted by atomic mass is 35.5. The van der Waals surface area contributed by atoms with Gasteiger partial charge < -0.3 is 15.6 Å². The summed E-state index contributed by atoms with van der Waals surface area (Å²) < 4.78 is 5.11. The highest BCUT2D eigenvalue weighted by molar-refractivity contribution is 6.30. The van der Waals surface area contributed by atoms with E-state index in [2.05, 4.69) is 0 Å². The van der Waals surface area contributed by atoms with E-state index in [0.29, 0.717) is 29.3 Å². The molecule has 1 atom stereocenters. The molecule has 0 heterocycles. The zero-order chi connectivity index (χ0) is 12.1. The fourth-order valence-corrected chi connectivity index (χ4v) is 1.74. The van der Waals surface area contributed by atoms with Crippen molar-refractivity contribution in [3.8, 4) is 5.75 Å². The van der Waals surface area contributed by atoms with Crippen LogP contribution in [0.2, 0.25) is 5.02 Å². The van der Waals surface area contributed by atoms with Gasteiger partial charge in [0.1, 0.15) is 5.75 Å². The standard InChI is InChI=1S/C11H14ClNO3/c1-16-10-3-2-7(12)6-9(10)8(4-5-13)11(14)15/h2-3,6,8H,4-5,13H2,1H3,(H,14,15). The molecule has 0 bridgehead atoms. The fourth-order valence-electron chi connectivity index (χ4n) is 1.56. The predicted molar refractivity (Wildman–Crippen MR) is 62.1 cm³/mol. The lowest BCUT2D eigenvalue weighted by Gasteiger charge is -2.15. The summed E-state index contributed by atoms with van der Waals surface area (Å²) in [5.41, 5.74) is 5.96. The summed E-state index contributed by atoms with van der Waals surface area (Å²) in [6.07, 6.45) is 0.353. The Bertz CT molecular complexity index is 381. The number of ether oxygens (including phenoxy) is 1. The second kappa shape index (κ2) is 5.72. The largest absolute Gasteiger partial charge is 0.496 e. The first kappa shape index (κ1) is 12.8. The van der Waals surface area contributed by atoms with E-state index in [0.717, 1.165) is 0 Å². The molecule has 0 spiro atoms. The third-order valence-corrected chi connectivity index (χ3v) is 2.56. The first-order valence-corrected chi connectivity index (χ1v) is 5.24. The molecule has 0 aromatic heterocycles. The number of rotatable bonds is 5. The number of nitrogens with two attached hydrogens (primary N) is 1. The summed E-state index contributed by atoms with van der Waals surface area (Å²) in [7, 11) is 1.49. The van der Waals surface area contributed by atoms with Crippen molar-refractivity contribution in [3.63, 3.8) is 0 Å². The second-order valence-electron chi connectivity index (χ2n) is 3.35. The van der Waals surface area contributed by atoms with Gasteiger partial charge in [-0.2, -0.15) is 0 Å². The molecule has 3 N–H and O–H groups in total. The number of methoxy groups -OCH3 is 1. The molecule has 16 heavy (non-hydrogen) atoms. The number of hydrogen-bond donors (Lipinski definition) is 2. The minimum absolute atomic E-state index is 0.298. The molecule has 1 aromatic carbocycles. The Labute approximate surface area is 99.0 Å². The van der Waals surface area contributed by atoms with Gasteiger partial charge in [-0.3, -0.25) is 4.79 Å². The van der Waals surface area contributed by atoms with Crippen LogP contribution < -0.4 is 10.5 Å². The molecule has 0 radical (unpaired) electrons. The lowest BCUT2D eigenvalue weighted by atomic mass is 9.95. The molecule has 1 aromatic rings. The van der Waals surface area contributed by atoms with E-state index in [1.807, 2.05) is 0 Å². The second-order valence-corrected chi connectivity index (χ2v) is 3.79. The van der Waals surface area contributed by atoms with Crippen LogP contribution in [-0.2, 0) is 4.79 Å². The van der Waals surface area contributed by atoms with E-state index in [-0.39, 0.29) is 0 Å². The van der Waals surface area contributed by atoms with Crippen molar-refractivity contribution in [2.75, 3.05) is 13.7 Å². The number of carboxylic acids is 1. The molecular formula is C11H14ClNO3. The fraction of sp³-hybridized carbons (Fsp3) is 0.364. The minimum Gasteiger partial charge on any atom is -0.496 e. The van der Waals surface area contributed by atoms with Gasteiger partial charge in [-0.05, 0) is 31.2 Å². The van der Waals surface area contributed by atoms with Crippen molar-refractivity contribution in [3.05, 3.63) is 28.8 Å². The van der Waals surface area contributed by atoms with Crippen molar-refractivity contribution >= 4 is 17.6 Å². The van der Waals surface area contributed by atoms with Crippen LogP contribution >= 0.6 is 11.6 Å². The molecule has 0 aliphatic heterocycles. The van der Waals surface area contributed by atoms with Gasteiger partial charge in [0.2, 0.25) is 0 Å². The van der Waals surface area contributed by atoms with Crippen LogP contribution in [0.4, 0.5) is 0 Å². The van der Waals surface area contributed by atoms with Crippen LogP contribution in [0.25, 0.3) is 0 Å². The third kappa shape index (κ3) is 2.87. The average Bonchev–Trinajstić information content (AvgIpc) is 2.25. The van der Waals surface area contributed by atoms with E-state index in [9.17, 15) is 4.79 Å². The summed E-state index contributed by atoms with van der Waals surface area (Å²) in [5.74, 6) is -1.09. The maximum absolute atomic E-state index is 11.1. The van der Waals surface area contributed by atoms with Gasteiger partial charge in [0.15, 0.2) is 0 Å². The van der Waals surface area contributed by atoms with Crippen LogP contribution in [0, 0.1) is 0 Å². The van der Waals surface area contributed by atoms with E-state index < -0.39 is 11.9 Å². The molecule has 1 unspecified atom stereocenters.